The Kier molecular flexibility index (Phi) is 16.9. The van der Waals surface area contributed by atoms with Gasteiger partial charge in [-0.05, 0) is 174 Å². The minimum absolute atomic E-state index is 0.0404. The number of ether oxygens (including phenoxy) is 3. The predicted octanol–water partition coefficient (Wildman–Crippen LogP) is 6.56. The van der Waals surface area contributed by atoms with Gasteiger partial charge in [0.25, 0.3) is 0 Å². The van der Waals surface area contributed by atoms with Crippen molar-refractivity contribution in [2.75, 3.05) is 7.05 Å². The molecule has 0 spiro atoms. The molecule has 17 N–H and O–H groups in total. The Bertz CT molecular complexity index is 4510. The number of rotatable bonds is 4. The van der Waals surface area contributed by atoms with Crippen LogP contribution in [0.3, 0.4) is 0 Å². The Labute approximate surface area is 567 Å². The van der Waals surface area contributed by atoms with E-state index in [1.807, 2.05) is 0 Å². The molecule has 8 atom stereocenters. The van der Waals surface area contributed by atoms with Crippen LogP contribution in [0.1, 0.15) is 113 Å². The van der Waals surface area contributed by atoms with Crippen LogP contribution >= 0.6 is 23.2 Å². The van der Waals surface area contributed by atoms with Crippen LogP contribution in [0.25, 0.3) is 11.1 Å². The first kappa shape index (κ1) is 64.8. The molecule has 28 heteroatoms. The molecule has 6 aliphatic heterocycles. The maximum atomic E-state index is 16.1. The Morgan fingerprint density at radius 2 is 1.13 bits per heavy atom. The van der Waals surface area contributed by atoms with E-state index >= 15 is 24.0 Å². The number of nitrogens with two attached hydrogens (primary N) is 1. The highest BCUT2D eigenvalue weighted by molar-refractivity contribution is 6.32. The van der Waals surface area contributed by atoms with E-state index in [9.17, 15) is 45.3 Å². The summed E-state index contributed by atoms with van der Waals surface area (Å²) in [5.74, 6) is -11.1. The standard InChI is InChI=1S/C70H65Cl2N9O17/c1-74-66(91)59-40-25-47(85)41(26-75-55-33-11-28-10-29(13-33)14-34(55)12-28)62(87)53(40)39-19-31(4-6-45(39)83)56-67(92)81-60(70(95)80-59)61(86)32-5-9-49(43(72)20-32)98-52-23-36-22-51(63(52)88)97-48-8-2-27(15-42(48)71)16-44-64(89)77-57(68(93)79-58(36)69(94)78-56)35-17-37(82)24-38(18-35)96-50-21-30(3-7-46(50)84)54(73)65(90)76-44/h2-9,15,17-25,28-29,33-34,44,54-61,75,82-88H,10-14,16,26,73H2,1H3,(H,74,91)(H,76,90)(H,77,89)(H,78,94)(H,79,93)(H,80,95)(H,81,92)/t28?,29?,33?,34?,44?,54?,55?,56?,57?,58?,59-,60?,61?/m1/s1. The van der Waals surface area contributed by atoms with Gasteiger partial charge in [0.15, 0.2) is 23.0 Å². The molecule has 0 saturated heterocycles. The zero-order valence-electron chi connectivity index (χ0n) is 51.9. The van der Waals surface area contributed by atoms with Gasteiger partial charge in [-0.2, -0.15) is 0 Å². The van der Waals surface area contributed by atoms with Gasteiger partial charge in [0, 0.05) is 43.2 Å². The van der Waals surface area contributed by atoms with Gasteiger partial charge >= 0.3 is 0 Å². The lowest BCUT2D eigenvalue weighted by atomic mass is 9.54. The molecular formula is C70H65Cl2N9O17. The van der Waals surface area contributed by atoms with Gasteiger partial charge in [-0.15, -0.1) is 0 Å². The largest absolute Gasteiger partial charge is 0.508 e. The maximum absolute atomic E-state index is 16.1. The normalized spacial score (nSPS) is 26.3. The van der Waals surface area contributed by atoms with E-state index in [-0.39, 0.29) is 102 Å². The number of phenolic OH excluding ortho intramolecular Hbond substituents is 6. The third-order valence-electron chi connectivity index (χ3n) is 19.7. The molecule has 0 radical (unpaired) electrons. The fourth-order valence-electron chi connectivity index (χ4n) is 15.1. The molecule has 26 nitrogen and oxygen atoms in total. The summed E-state index contributed by atoms with van der Waals surface area (Å²) in [4.78, 5) is 106. The Balaban J connectivity index is 0.950. The van der Waals surface area contributed by atoms with Crippen molar-refractivity contribution in [3.63, 3.8) is 0 Å². The molecule has 4 aliphatic carbocycles. The van der Waals surface area contributed by atoms with Crippen LogP contribution in [0.4, 0.5) is 0 Å². The number of phenols is 6. The average molecular weight is 1380 g/mol. The highest BCUT2D eigenvalue weighted by Gasteiger charge is 2.49. The van der Waals surface area contributed by atoms with Crippen LogP contribution in [-0.4, -0.2) is 102 Å². The average Bonchev–Trinajstić information content (AvgIpc) is 0.766. The van der Waals surface area contributed by atoms with Crippen LogP contribution in [0, 0.1) is 23.7 Å². The number of hydrogen-bond donors (Lipinski definition) is 16. The zero-order valence-corrected chi connectivity index (χ0v) is 53.4. The first-order chi connectivity index (χ1) is 46.9. The number of carbonyl (C=O) groups excluding carboxylic acids is 7. The summed E-state index contributed by atoms with van der Waals surface area (Å²) in [5.41, 5.74) is 5.19. The molecule has 10 aliphatic rings. The molecule has 0 aromatic heterocycles. The van der Waals surface area contributed by atoms with Crippen molar-refractivity contribution in [1.29, 1.82) is 0 Å². The minimum atomic E-state index is -2.16. The number of aliphatic hydroxyl groups excluding tert-OH is 1. The molecule has 7 aromatic carbocycles. The first-order valence-electron chi connectivity index (χ1n) is 31.7. The molecule has 4 saturated carbocycles. The molecular weight excluding hydrogens is 1310 g/mol. The van der Waals surface area contributed by atoms with Crippen molar-refractivity contribution in [1.82, 2.24) is 42.5 Å². The SMILES string of the molecule is CNC(=O)[C@@H]1NC(=O)C2NC(=O)C(NC(=O)C3NC(=O)C4NC(=O)C(Cc5ccc(c(Cl)c5)Oc5cc3cc(c5O)Oc3ccc(cc3Cl)C2O)NC(=O)C(N)c2ccc(O)c(c2)Oc2cc(O)cc4c2)c2ccc(O)c(c2)-c2c1cc(O)c(CNC1C3CC4CC(C3)CC1C4)c2O. The molecule has 506 valence electrons. The Morgan fingerprint density at radius 3 is 1.80 bits per heavy atom. The number of benzene rings is 7. The van der Waals surface area contributed by atoms with Crippen molar-refractivity contribution in [3.8, 4) is 80.1 Å². The van der Waals surface area contributed by atoms with Crippen LogP contribution in [-0.2, 0) is 46.5 Å². The second-order valence-electron chi connectivity index (χ2n) is 26.0. The predicted molar refractivity (Wildman–Crippen MR) is 349 cm³/mol. The van der Waals surface area contributed by atoms with Crippen LogP contribution in [0.2, 0.25) is 10.0 Å². The van der Waals surface area contributed by atoms with Gasteiger partial charge < -0.3 is 98.2 Å². The number of aliphatic hydroxyl groups is 1. The monoisotopic (exact) mass is 1370 g/mol. The summed E-state index contributed by atoms with van der Waals surface area (Å²) in [6.07, 6.45) is 2.93. The van der Waals surface area contributed by atoms with E-state index in [4.69, 9.17) is 43.1 Å². The second-order valence-corrected chi connectivity index (χ2v) is 26.8. The fraction of sp³-hybridized carbons (Fsp3) is 0.300. The lowest BCUT2D eigenvalue weighted by molar-refractivity contribution is -0.137. The number of halogens is 2. The van der Waals surface area contributed by atoms with Gasteiger partial charge in [-0.1, -0.05) is 47.5 Å². The van der Waals surface area contributed by atoms with Gasteiger partial charge in [0.05, 0.1) is 15.6 Å². The third-order valence-corrected chi connectivity index (χ3v) is 20.3. The number of fused-ring (bicyclic) bond motifs is 14. The number of amides is 7. The van der Waals surface area contributed by atoms with E-state index in [0.29, 0.717) is 29.2 Å². The van der Waals surface area contributed by atoms with Gasteiger partial charge in [0.1, 0.15) is 88.6 Å². The van der Waals surface area contributed by atoms with Crippen LogP contribution in [0.5, 0.6) is 69.0 Å². The smallest absolute Gasteiger partial charge is 0.248 e. The van der Waals surface area contributed by atoms with Gasteiger partial charge in [-0.25, -0.2) is 0 Å². The maximum Gasteiger partial charge on any atom is 0.248 e. The van der Waals surface area contributed by atoms with Gasteiger partial charge in [-0.3, -0.25) is 33.6 Å². The Morgan fingerprint density at radius 1 is 0.541 bits per heavy atom. The number of likely N-dealkylation sites (N-methyl/N-ethyl adjacent to an activating group) is 1. The summed E-state index contributed by atoms with van der Waals surface area (Å²) in [7, 11) is 1.26. The molecule has 7 aromatic rings. The number of carbonyl (C=O) groups is 7. The molecule has 6 heterocycles. The van der Waals surface area contributed by atoms with Crippen molar-refractivity contribution >= 4 is 64.6 Å². The Hall–Kier alpha value is -10.5. The summed E-state index contributed by atoms with van der Waals surface area (Å²) < 4.78 is 18.7. The van der Waals surface area contributed by atoms with Crippen LogP contribution in [0.15, 0.2) is 109 Å². The molecule has 4 fully saturated rings. The number of nitrogens with one attached hydrogen (secondary N) is 8. The minimum Gasteiger partial charge on any atom is -0.508 e. The summed E-state index contributed by atoms with van der Waals surface area (Å²) in [5, 5.41) is 105. The molecule has 7 unspecified atom stereocenters. The first-order valence-corrected chi connectivity index (χ1v) is 32.5. The number of hydrogen-bond acceptors (Lipinski definition) is 19. The van der Waals surface area contributed by atoms with Crippen LogP contribution < -0.4 is 62.5 Å². The summed E-state index contributed by atoms with van der Waals surface area (Å²) in [6, 6.07) is 8.96. The summed E-state index contributed by atoms with van der Waals surface area (Å²) >= 11 is 13.9. The van der Waals surface area contributed by atoms with E-state index < -0.39 is 136 Å². The highest BCUT2D eigenvalue weighted by Crippen LogP contribution is 2.55. The highest BCUT2D eigenvalue weighted by atomic mass is 35.5. The molecule has 7 amide bonds. The molecule has 17 rings (SSSR count). The quantitative estimate of drug-likeness (QED) is 0.0886. The number of aromatic hydroxyl groups is 6. The third kappa shape index (κ3) is 12.1. The van der Waals surface area contributed by atoms with Crippen molar-refractivity contribution in [2.45, 2.75) is 99.5 Å². The molecule has 21 bridgehead atoms. The second kappa shape index (κ2) is 25.5. The molecule has 98 heavy (non-hydrogen) atoms. The van der Waals surface area contributed by atoms with E-state index in [1.54, 1.807) is 0 Å². The fourth-order valence-corrected chi connectivity index (χ4v) is 15.6. The van der Waals surface area contributed by atoms with Crippen molar-refractivity contribution in [3.05, 3.63) is 164 Å². The van der Waals surface area contributed by atoms with Crippen molar-refractivity contribution in [2.24, 2.45) is 29.4 Å². The van der Waals surface area contributed by atoms with E-state index in [1.165, 1.54) is 92.3 Å². The lowest BCUT2D eigenvalue weighted by Gasteiger charge is -2.54. The lowest BCUT2D eigenvalue weighted by Crippen LogP contribution is -2.55. The van der Waals surface area contributed by atoms with Crippen molar-refractivity contribution < 1.29 is 83.5 Å². The van der Waals surface area contributed by atoms with Gasteiger partial charge in [0.2, 0.25) is 47.1 Å². The zero-order chi connectivity index (χ0) is 68.9. The topological polar surface area (TPSA) is 411 Å². The van der Waals surface area contributed by atoms with E-state index in [2.05, 4.69) is 42.5 Å². The summed E-state index contributed by atoms with van der Waals surface area (Å²) in [6.45, 7) is -0.0922. The van der Waals surface area contributed by atoms with E-state index in [0.717, 1.165) is 56.0 Å².